The van der Waals surface area contributed by atoms with Gasteiger partial charge in [-0.3, -0.25) is 4.79 Å². The van der Waals surface area contributed by atoms with E-state index in [4.69, 9.17) is 0 Å². The van der Waals surface area contributed by atoms with Crippen molar-refractivity contribution in [1.29, 1.82) is 0 Å². The molecule has 0 aliphatic heterocycles. The molecule has 202 valence electrons. The minimum atomic E-state index is -4.58. The fourth-order valence-corrected chi connectivity index (χ4v) is 6.41. The molecule has 6 nitrogen and oxygen atoms in total. The molecule has 0 heterocycles. The van der Waals surface area contributed by atoms with Crippen molar-refractivity contribution in [2.75, 3.05) is 6.54 Å². The van der Waals surface area contributed by atoms with Crippen LogP contribution in [0.5, 0.6) is 5.75 Å². The number of alkyl halides is 5. The first-order valence-corrected chi connectivity index (χ1v) is 12.9. The number of carboxylic acid groups (broad SMARTS) is 1. The van der Waals surface area contributed by atoms with Gasteiger partial charge in [0, 0.05) is 0 Å². The predicted octanol–water partition coefficient (Wildman–Crippen LogP) is 6.13. The number of rotatable bonds is 9. The molecule has 0 atom stereocenters. The van der Waals surface area contributed by atoms with E-state index in [1.807, 2.05) is 0 Å². The van der Waals surface area contributed by atoms with Gasteiger partial charge in [0.2, 0.25) is 10.0 Å². The Morgan fingerprint density at radius 3 is 2.08 bits per heavy atom. The molecule has 1 aliphatic rings. The Morgan fingerprint density at radius 1 is 0.974 bits per heavy atom. The van der Waals surface area contributed by atoms with E-state index in [1.54, 1.807) is 0 Å². The Morgan fingerprint density at radius 2 is 1.58 bits per heavy atom. The van der Waals surface area contributed by atoms with Crippen molar-refractivity contribution in [1.82, 2.24) is 4.31 Å². The van der Waals surface area contributed by atoms with Crippen molar-refractivity contribution in [2.24, 2.45) is 0 Å². The average molecular weight is 556 g/mol. The number of nitrogens with zero attached hydrogens (tertiary/aromatic N) is 1. The fraction of sp³-hybridized carbons (Fsp3) is 0.269. The second kappa shape index (κ2) is 10.3. The molecule has 3 aromatic carbocycles. The summed E-state index contributed by atoms with van der Waals surface area (Å²) in [4.78, 5) is 11.4. The second-order valence-corrected chi connectivity index (χ2v) is 10.6. The second-order valence-electron chi connectivity index (χ2n) is 8.76. The number of aliphatic carboxylic acids is 1. The molecule has 3 aromatic rings. The van der Waals surface area contributed by atoms with E-state index < -0.39 is 46.4 Å². The van der Waals surface area contributed by atoms with E-state index in [1.165, 1.54) is 42.5 Å². The van der Waals surface area contributed by atoms with Crippen LogP contribution in [-0.2, 0) is 26.5 Å². The van der Waals surface area contributed by atoms with E-state index in [2.05, 4.69) is 4.74 Å². The van der Waals surface area contributed by atoms with Crippen molar-refractivity contribution in [3.8, 4) is 16.9 Å². The molecule has 0 aromatic heterocycles. The van der Waals surface area contributed by atoms with Gasteiger partial charge in [-0.05, 0) is 66.3 Å². The summed E-state index contributed by atoms with van der Waals surface area (Å²) in [6.45, 7) is -3.98. The first-order valence-electron chi connectivity index (χ1n) is 11.4. The van der Waals surface area contributed by atoms with E-state index in [0.29, 0.717) is 12.0 Å². The Kier molecular flexibility index (Phi) is 7.48. The number of carboxylic acids is 1. The monoisotopic (exact) mass is 555 g/mol. The van der Waals surface area contributed by atoms with Gasteiger partial charge in [-0.1, -0.05) is 42.5 Å². The van der Waals surface area contributed by atoms with Crippen LogP contribution in [0.4, 0.5) is 22.0 Å². The summed E-state index contributed by atoms with van der Waals surface area (Å²) < 4.78 is 97.8. The summed E-state index contributed by atoms with van der Waals surface area (Å²) in [5.74, 6) is -1.68. The number of halogens is 5. The van der Waals surface area contributed by atoms with Crippen molar-refractivity contribution >= 4 is 16.0 Å². The first-order chi connectivity index (χ1) is 17.8. The predicted molar refractivity (Wildman–Crippen MR) is 127 cm³/mol. The molecule has 12 heteroatoms. The molecule has 0 saturated heterocycles. The summed E-state index contributed by atoms with van der Waals surface area (Å²) in [6, 6.07) is 15.1. The van der Waals surface area contributed by atoms with E-state index >= 15 is 0 Å². The maximum Gasteiger partial charge on any atom is 0.417 e. The van der Waals surface area contributed by atoms with Crippen LogP contribution in [0.2, 0.25) is 0 Å². The van der Waals surface area contributed by atoms with Gasteiger partial charge in [-0.25, -0.2) is 8.42 Å². The minimum Gasteiger partial charge on any atom is -0.480 e. The summed E-state index contributed by atoms with van der Waals surface area (Å²) in [5, 5.41) is 9.55. The molecule has 1 N–H and O–H groups in total. The quantitative estimate of drug-likeness (QED) is 0.321. The van der Waals surface area contributed by atoms with Gasteiger partial charge in [0.1, 0.15) is 12.3 Å². The maximum atomic E-state index is 13.6. The van der Waals surface area contributed by atoms with Gasteiger partial charge >= 0.3 is 18.8 Å². The van der Waals surface area contributed by atoms with Gasteiger partial charge in [0.05, 0.1) is 16.0 Å². The highest BCUT2D eigenvalue weighted by Gasteiger charge is 2.50. The average Bonchev–Trinajstić information content (AvgIpc) is 2.82. The third-order valence-corrected chi connectivity index (χ3v) is 8.47. The number of hydrogen-bond acceptors (Lipinski definition) is 4. The molecular weight excluding hydrogens is 533 g/mol. The van der Waals surface area contributed by atoms with Gasteiger partial charge in [-0.2, -0.15) is 26.3 Å². The number of benzene rings is 3. The lowest BCUT2D eigenvalue weighted by Crippen LogP contribution is -2.55. The lowest BCUT2D eigenvalue weighted by atomic mass is 9.71. The Bertz CT molecular complexity index is 1400. The summed E-state index contributed by atoms with van der Waals surface area (Å²) >= 11 is 0. The highest BCUT2D eigenvalue weighted by atomic mass is 32.2. The Labute approximate surface area is 215 Å². The summed E-state index contributed by atoms with van der Waals surface area (Å²) in [6.07, 6.45) is -3.42. The molecule has 1 fully saturated rings. The molecule has 38 heavy (non-hydrogen) atoms. The zero-order chi connectivity index (χ0) is 27.7. The van der Waals surface area contributed by atoms with Crippen LogP contribution in [0.25, 0.3) is 11.1 Å². The van der Waals surface area contributed by atoms with Crippen LogP contribution in [0.15, 0.2) is 77.7 Å². The molecule has 1 saturated carbocycles. The van der Waals surface area contributed by atoms with Crippen LogP contribution in [0, 0.1) is 0 Å². The molecule has 1 aliphatic carbocycles. The first kappa shape index (κ1) is 27.5. The van der Waals surface area contributed by atoms with Crippen LogP contribution in [-0.4, -0.2) is 37.0 Å². The standard InChI is InChI=1S/C26H22F5NO5S/c27-24(28)37-19-10-12-20(13-11-19)38(35,36)32(16-23(33)34)25(14-3-15-25)18-8-6-17(7-9-18)21-4-1-2-5-22(21)26(29,30)31/h1-2,4-13,24H,3,14-16H2,(H,33,34). The molecule has 0 amide bonds. The highest BCUT2D eigenvalue weighted by Crippen LogP contribution is 2.49. The molecule has 0 unspecified atom stereocenters. The van der Waals surface area contributed by atoms with Crippen LogP contribution < -0.4 is 4.74 Å². The van der Waals surface area contributed by atoms with Crippen molar-refractivity contribution in [2.45, 2.75) is 42.5 Å². The van der Waals surface area contributed by atoms with Gasteiger partial charge in [-0.15, -0.1) is 0 Å². The number of hydrogen-bond donors (Lipinski definition) is 1. The minimum absolute atomic E-state index is 0.0460. The summed E-state index contributed by atoms with van der Waals surface area (Å²) in [5.41, 5.74) is -1.43. The smallest absolute Gasteiger partial charge is 0.417 e. The van der Waals surface area contributed by atoms with Crippen LogP contribution in [0.3, 0.4) is 0 Å². The molecule has 0 bridgehead atoms. The van der Waals surface area contributed by atoms with Crippen molar-refractivity contribution < 1.29 is 45.0 Å². The van der Waals surface area contributed by atoms with Crippen LogP contribution >= 0.6 is 0 Å². The molecule has 4 rings (SSSR count). The maximum absolute atomic E-state index is 13.6. The Hall–Kier alpha value is -3.51. The largest absolute Gasteiger partial charge is 0.480 e. The number of carbonyl (C=O) groups is 1. The highest BCUT2D eigenvalue weighted by molar-refractivity contribution is 7.89. The fourth-order valence-electron chi connectivity index (χ4n) is 4.65. The Balaban J connectivity index is 1.73. The van der Waals surface area contributed by atoms with Crippen LogP contribution in [0.1, 0.15) is 30.4 Å². The number of sulfonamides is 1. The van der Waals surface area contributed by atoms with E-state index in [0.717, 1.165) is 34.6 Å². The van der Waals surface area contributed by atoms with E-state index in [-0.39, 0.29) is 34.6 Å². The third kappa shape index (κ3) is 5.37. The third-order valence-electron chi connectivity index (χ3n) is 6.54. The topological polar surface area (TPSA) is 83.9 Å². The van der Waals surface area contributed by atoms with Crippen molar-refractivity contribution in [3.05, 3.63) is 83.9 Å². The lowest BCUT2D eigenvalue weighted by Gasteiger charge is -2.49. The molecule has 0 radical (unpaired) electrons. The normalized spacial score (nSPS) is 15.3. The van der Waals surface area contributed by atoms with Gasteiger partial charge in [0.15, 0.2) is 0 Å². The molecule has 0 spiro atoms. The molecular formula is C26H22F5NO5S. The zero-order valence-electron chi connectivity index (χ0n) is 19.7. The zero-order valence-corrected chi connectivity index (χ0v) is 20.5. The van der Waals surface area contributed by atoms with Gasteiger partial charge in [0.25, 0.3) is 0 Å². The van der Waals surface area contributed by atoms with Crippen molar-refractivity contribution in [3.63, 3.8) is 0 Å². The SMILES string of the molecule is O=C(O)CN(C1(c2ccc(-c3ccccc3C(F)(F)F)cc2)CCC1)S(=O)(=O)c1ccc(OC(F)F)cc1. The number of ether oxygens (including phenoxy) is 1. The van der Waals surface area contributed by atoms with Gasteiger partial charge < -0.3 is 9.84 Å². The van der Waals surface area contributed by atoms with E-state index in [9.17, 15) is 40.3 Å². The lowest BCUT2D eigenvalue weighted by molar-refractivity contribution is -0.139. The summed E-state index contributed by atoms with van der Waals surface area (Å²) in [7, 11) is -4.44.